The Morgan fingerprint density at radius 2 is 2.10 bits per heavy atom. The van der Waals surface area contributed by atoms with Crippen LogP contribution in [0.1, 0.15) is 26.7 Å². The molecule has 0 aliphatic carbocycles. The lowest BCUT2D eigenvalue weighted by Gasteiger charge is -2.14. The molecule has 2 heterocycles. The van der Waals surface area contributed by atoms with Crippen LogP contribution in [0, 0.1) is 13.8 Å². The molecular weight excluding hydrogens is 284 g/mol. The molecule has 0 N–H and O–H groups in total. The Balaban J connectivity index is 1.87. The molecule has 0 atom stereocenters. The SMILES string of the molecule is Cc1cc(CN(C)C(=O)c2sc3ccccc3c2C)no1. The van der Waals surface area contributed by atoms with Crippen LogP contribution in [0.5, 0.6) is 0 Å². The molecule has 108 valence electrons. The minimum Gasteiger partial charge on any atom is -0.361 e. The quantitative estimate of drug-likeness (QED) is 0.739. The number of benzene rings is 1. The van der Waals surface area contributed by atoms with Crippen LogP contribution in [0.15, 0.2) is 34.9 Å². The Morgan fingerprint density at radius 1 is 1.33 bits per heavy atom. The molecular formula is C16H16N2O2S. The van der Waals surface area contributed by atoms with Gasteiger partial charge in [0.15, 0.2) is 0 Å². The normalized spacial score (nSPS) is 11.0. The highest BCUT2D eigenvalue weighted by molar-refractivity contribution is 7.21. The van der Waals surface area contributed by atoms with Crippen molar-refractivity contribution in [3.8, 4) is 0 Å². The van der Waals surface area contributed by atoms with Crippen molar-refractivity contribution in [3.63, 3.8) is 0 Å². The molecule has 3 aromatic rings. The number of nitrogens with zero attached hydrogens (tertiary/aromatic N) is 2. The van der Waals surface area contributed by atoms with Crippen LogP contribution < -0.4 is 0 Å². The molecule has 3 rings (SSSR count). The van der Waals surface area contributed by atoms with Gasteiger partial charge in [-0.3, -0.25) is 4.79 Å². The summed E-state index contributed by atoms with van der Waals surface area (Å²) in [7, 11) is 1.79. The first kappa shape index (κ1) is 13.8. The van der Waals surface area contributed by atoms with Crippen LogP contribution >= 0.6 is 11.3 Å². The molecule has 0 saturated heterocycles. The minimum absolute atomic E-state index is 0.0225. The van der Waals surface area contributed by atoms with Gasteiger partial charge in [-0.25, -0.2) is 0 Å². The molecule has 4 nitrogen and oxygen atoms in total. The van der Waals surface area contributed by atoms with Crippen molar-refractivity contribution in [1.29, 1.82) is 0 Å². The van der Waals surface area contributed by atoms with Crippen LogP contribution in [0.2, 0.25) is 0 Å². The van der Waals surface area contributed by atoms with Gasteiger partial charge in [-0.1, -0.05) is 23.4 Å². The van der Waals surface area contributed by atoms with Crippen molar-refractivity contribution in [2.45, 2.75) is 20.4 Å². The molecule has 0 radical (unpaired) electrons. The lowest BCUT2D eigenvalue weighted by Crippen LogP contribution is -2.26. The lowest BCUT2D eigenvalue weighted by molar-refractivity contribution is 0.0786. The van der Waals surface area contributed by atoms with Crippen molar-refractivity contribution >= 4 is 27.3 Å². The van der Waals surface area contributed by atoms with E-state index in [4.69, 9.17) is 4.52 Å². The number of rotatable bonds is 3. The molecule has 1 amide bonds. The van der Waals surface area contributed by atoms with Crippen molar-refractivity contribution in [3.05, 3.63) is 52.2 Å². The van der Waals surface area contributed by atoms with Gasteiger partial charge < -0.3 is 9.42 Å². The molecule has 0 aliphatic rings. The summed E-state index contributed by atoms with van der Waals surface area (Å²) in [6, 6.07) is 9.94. The van der Waals surface area contributed by atoms with Crippen molar-refractivity contribution in [1.82, 2.24) is 10.1 Å². The average molecular weight is 300 g/mol. The fraction of sp³-hybridized carbons (Fsp3) is 0.250. The standard InChI is InChI=1S/C16H16N2O2S/c1-10-8-12(17-20-10)9-18(3)16(19)15-11(2)13-6-4-5-7-14(13)21-15/h4-8H,9H2,1-3H3. The summed E-state index contributed by atoms with van der Waals surface area (Å²) in [4.78, 5) is 15.1. The maximum Gasteiger partial charge on any atom is 0.264 e. The van der Waals surface area contributed by atoms with Gasteiger partial charge in [0.05, 0.1) is 11.4 Å². The molecule has 0 spiro atoms. The summed E-state index contributed by atoms with van der Waals surface area (Å²) in [5, 5.41) is 5.08. The van der Waals surface area contributed by atoms with Gasteiger partial charge in [-0.15, -0.1) is 11.3 Å². The monoisotopic (exact) mass is 300 g/mol. The first-order chi connectivity index (χ1) is 10.1. The summed E-state index contributed by atoms with van der Waals surface area (Å²) in [6.45, 7) is 4.29. The van der Waals surface area contributed by atoms with Crippen LogP contribution in [-0.2, 0) is 6.54 Å². The van der Waals surface area contributed by atoms with E-state index in [1.54, 1.807) is 23.3 Å². The van der Waals surface area contributed by atoms with Gasteiger partial charge in [-0.05, 0) is 30.9 Å². The van der Waals surface area contributed by atoms with E-state index in [1.165, 1.54) is 0 Å². The Kier molecular flexibility index (Phi) is 3.51. The third-order valence-electron chi connectivity index (χ3n) is 3.46. The van der Waals surface area contributed by atoms with Gasteiger partial charge in [-0.2, -0.15) is 0 Å². The predicted molar refractivity (Wildman–Crippen MR) is 83.6 cm³/mol. The van der Waals surface area contributed by atoms with E-state index in [9.17, 15) is 4.79 Å². The minimum atomic E-state index is 0.0225. The van der Waals surface area contributed by atoms with E-state index in [2.05, 4.69) is 11.2 Å². The molecule has 0 aliphatic heterocycles. The number of aromatic nitrogens is 1. The second-order valence-corrected chi connectivity index (χ2v) is 6.19. The Labute approximate surface area is 127 Å². The van der Waals surface area contributed by atoms with E-state index in [0.717, 1.165) is 32.0 Å². The van der Waals surface area contributed by atoms with Crippen molar-refractivity contribution in [2.24, 2.45) is 0 Å². The third-order valence-corrected chi connectivity index (χ3v) is 4.72. The Morgan fingerprint density at radius 3 is 2.76 bits per heavy atom. The average Bonchev–Trinajstić information content (AvgIpc) is 3.03. The number of fused-ring (bicyclic) bond motifs is 1. The van der Waals surface area contributed by atoms with Crippen molar-refractivity contribution in [2.75, 3.05) is 7.05 Å². The first-order valence-electron chi connectivity index (χ1n) is 6.72. The van der Waals surface area contributed by atoms with Crippen LogP contribution in [0.25, 0.3) is 10.1 Å². The Hall–Kier alpha value is -2.14. The second kappa shape index (κ2) is 5.33. The predicted octanol–water partition coefficient (Wildman–Crippen LogP) is 3.78. The number of aryl methyl sites for hydroxylation is 2. The second-order valence-electron chi connectivity index (χ2n) is 5.14. The molecule has 0 fully saturated rings. The first-order valence-corrected chi connectivity index (χ1v) is 7.53. The number of hydrogen-bond acceptors (Lipinski definition) is 4. The molecule has 21 heavy (non-hydrogen) atoms. The lowest BCUT2D eigenvalue weighted by atomic mass is 10.1. The highest BCUT2D eigenvalue weighted by Crippen LogP contribution is 2.31. The third kappa shape index (κ3) is 2.56. The summed E-state index contributed by atoms with van der Waals surface area (Å²) in [5.41, 5.74) is 1.81. The van der Waals surface area contributed by atoms with Crippen LogP contribution in [0.3, 0.4) is 0 Å². The smallest absolute Gasteiger partial charge is 0.264 e. The van der Waals surface area contributed by atoms with Gasteiger partial charge in [0, 0.05) is 17.8 Å². The topological polar surface area (TPSA) is 46.3 Å². The molecule has 0 bridgehead atoms. The highest BCUT2D eigenvalue weighted by atomic mass is 32.1. The van der Waals surface area contributed by atoms with Crippen LogP contribution in [0.4, 0.5) is 0 Å². The number of hydrogen-bond donors (Lipinski definition) is 0. The zero-order valence-electron chi connectivity index (χ0n) is 12.2. The zero-order chi connectivity index (χ0) is 15.0. The van der Waals surface area contributed by atoms with E-state index in [-0.39, 0.29) is 5.91 Å². The molecule has 0 unspecified atom stereocenters. The number of amides is 1. The largest absolute Gasteiger partial charge is 0.361 e. The van der Waals surface area contributed by atoms with Gasteiger partial charge in [0.1, 0.15) is 11.5 Å². The van der Waals surface area contributed by atoms with Crippen molar-refractivity contribution < 1.29 is 9.32 Å². The number of thiophene rings is 1. The number of carbonyl (C=O) groups is 1. The molecule has 1 aromatic carbocycles. The Bertz CT molecular complexity index is 804. The van der Waals surface area contributed by atoms with E-state index < -0.39 is 0 Å². The summed E-state index contributed by atoms with van der Waals surface area (Å²) >= 11 is 1.54. The highest BCUT2D eigenvalue weighted by Gasteiger charge is 2.19. The maximum atomic E-state index is 12.6. The summed E-state index contributed by atoms with van der Waals surface area (Å²) < 4.78 is 6.18. The molecule has 0 saturated carbocycles. The van der Waals surface area contributed by atoms with Gasteiger partial charge in [0.25, 0.3) is 5.91 Å². The zero-order valence-corrected chi connectivity index (χ0v) is 13.0. The van der Waals surface area contributed by atoms with E-state index in [0.29, 0.717) is 6.54 Å². The maximum absolute atomic E-state index is 12.6. The van der Waals surface area contributed by atoms with E-state index in [1.807, 2.05) is 38.1 Å². The van der Waals surface area contributed by atoms with Crippen LogP contribution in [-0.4, -0.2) is 23.0 Å². The molecule has 5 heteroatoms. The fourth-order valence-corrected chi connectivity index (χ4v) is 3.56. The molecule has 2 aromatic heterocycles. The van der Waals surface area contributed by atoms with E-state index >= 15 is 0 Å². The van der Waals surface area contributed by atoms with Gasteiger partial charge in [0.2, 0.25) is 0 Å². The number of carbonyl (C=O) groups excluding carboxylic acids is 1. The fourth-order valence-electron chi connectivity index (χ4n) is 2.36. The summed E-state index contributed by atoms with van der Waals surface area (Å²) in [6.07, 6.45) is 0. The summed E-state index contributed by atoms with van der Waals surface area (Å²) in [5.74, 6) is 0.776. The van der Waals surface area contributed by atoms with Gasteiger partial charge >= 0.3 is 0 Å².